The highest BCUT2D eigenvalue weighted by atomic mass is 32.2. The molecule has 148 valence electrons. The molecule has 0 bridgehead atoms. The number of rotatable bonds is 8. The summed E-state index contributed by atoms with van der Waals surface area (Å²) in [6.45, 7) is 4.61. The van der Waals surface area contributed by atoms with Crippen LogP contribution < -0.4 is 10.6 Å². The van der Waals surface area contributed by atoms with Gasteiger partial charge in [0.25, 0.3) is 5.91 Å². The third kappa shape index (κ3) is 7.60. The molecule has 3 amide bonds. The summed E-state index contributed by atoms with van der Waals surface area (Å²) < 4.78 is 10.7. The number of ether oxygens (including phenoxy) is 2. The minimum absolute atomic E-state index is 0.203. The summed E-state index contributed by atoms with van der Waals surface area (Å²) in [5.74, 6) is -0.231. The number of amides is 3. The molecule has 0 aromatic heterocycles. The Balaban J connectivity index is 1.81. The lowest BCUT2D eigenvalue weighted by Crippen LogP contribution is -2.42. The zero-order valence-electron chi connectivity index (χ0n) is 15.7. The number of nitrogens with one attached hydrogen (secondary N) is 2. The average Bonchev–Trinajstić information content (AvgIpc) is 3.16. The summed E-state index contributed by atoms with van der Waals surface area (Å²) in [7, 11) is 0. The molecule has 0 saturated carbocycles. The zero-order chi connectivity index (χ0) is 19.6. The number of thioether (sulfide) groups is 1. The highest BCUT2D eigenvalue weighted by molar-refractivity contribution is 7.99. The van der Waals surface area contributed by atoms with Crippen molar-refractivity contribution >= 4 is 29.7 Å². The van der Waals surface area contributed by atoms with E-state index in [1.807, 2.05) is 26.0 Å². The predicted octanol–water partition coefficient (Wildman–Crippen LogP) is 2.60. The Bertz CT molecular complexity index is 659. The normalized spacial score (nSPS) is 16.2. The molecule has 1 aliphatic rings. The van der Waals surface area contributed by atoms with Gasteiger partial charge in [0.05, 0.1) is 11.7 Å². The topological polar surface area (TPSA) is 93.7 Å². The van der Waals surface area contributed by atoms with Crippen LogP contribution in [0.2, 0.25) is 0 Å². The highest BCUT2D eigenvalue weighted by Gasteiger charge is 2.19. The van der Waals surface area contributed by atoms with Crippen LogP contribution in [0.15, 0.2) is 29.2 Å². The molecule has 2 N–H and O–H groups in total. The minimum Gasteiger partial charge on any atom is -0.452 e. The lowest BCUT2D eigenvalue weighted by Gasteiger charge is -2.12. The summed E-state index contributed by atoms with van der Waals surface area (Å²) in [6.07, 6.45) is 2.29. The van der Waals surface area contributed by atoms with Crippen LogP contribution >= 0.6 is 11.8 Å². The molecule has 7 nitrogen and oxygen atoms in total. The standard InChI is InChI=1S/C19H26N2O5S/c1-13(2)10-20-19(24)21-17(22)11-26-18(23)15-7-3-4-8-16(15)27-12-14-6-5-9-25-14/h3-4,7-8,13-14H,5-6,9-12H2,1-2H3,(H2,20,21,22,24)/t14-/m1/s1. The van der Waals surface area contributed by atoms with E-state index in [4.69, 9.17) is 9.47 Å². The molecular weight excluding hydrogens is 368 g/mol. The van der Waals surface area contributed by atoms with Crippen LogP contribution in [-0.2, 0) is 14.3 Å². The number of esters is 1. The summed E-state index contributed by atoms with van der Waals surface area (Å²) >= 11 is 1.54. The second kappa shape index (κ2) is 10.9. The maximum atomic E-state index is 12.3. The zero-order valence-corrected chi connectivity index (χ0v) is 16.5. The van der Waals surface area contributed by atoms with E-state index in [9.17, 15) is 14.4 Å². The Labute approximate surface area is 163 Å². The first kappa shape index (κ1) is 21.2. The van der Waals surface area contributed by atoms with Crippen molar-refractivity contribution in [2.75, 3.05) is 25.5 Å². The van der Waals surface area contributed by atoms with E-state index in [0.29, 0.717) is 12.1 Å². The van der Waals surface area contributed by atoms with Crippen molar-refractivity contribution in [1.29, 1.82) is 0 Å². The first-order valence-electron chi connectivity index (χ1n) is 9.04. The number of hydrogen-bond acceptors (Lipinski definition) is 6. The molecule has 1 saturated heterocycles. The van der Waals surface area contributed by atoms with Gasteiger partial charge in [-0.25, -0.2) is 9.59 Å². The number of hydrogen-bond donors (Lipinski definition) is 2. The van der Waals surface area contributed by atoms with E-state index in [1.165, 1.54) is 11.8 Å². The van der Waals surface area contributed by atoms with Gasteiger partial charge in [-0.1, -0.05) is 26.0 Å². The number of carbonyl (C=O) groups excluding carboxylic acids is 3. The van der Waals surface area contributed by atoms with Crippen LogP contribution in [0.5, 0.6) is 0 Å². The van der Waals surface area contributed by atoms with Gasteiger partial charge in [-0.3, -0.25) is 10.1 Å². The lowest BCUT2D eigenvalue weighted by atomic mass is 10.2. The van der Waals surface area contributed by atoms with E-state index >= 15 is 0 Å². The molecule has 1 aromatic carbocycles. The molecule has 1 atom stereocenters. The quantitative estimate of drug-likeness (QED) is 0.520. The maximum Gasteiger partial charge on any atom is 0.339 e. The van der Waals surface area contributed by atoms with Crippen LogP contribution in [0.4, 0.5) is 4.79 Å². The number of benzene rings is 1. The number of imide groups is 1. The van der Waals surface area contributed by atoms with Gasteiger partial charge < -0.3 is 14.8 Å². The monoisotopic (exact) mass is 394 g/mol. The van der Waals surface area contributed by atoms with Gasteiger partial charge in [0, 0.05) is 23.8 Å². The summed E-state index contributed by atoms with van der Waals surface area (Å²) in [6, 6.07) is 6.49. The van der Waals surface area contributed by atoms with E-state index in [-0.39, 0.29) is 12.0 Å². The fourth-order valence-electron chi connectivity index (χ4n) is 2.43. The van der Waals surface area contributed by atoms with E-state index < -0.39 is 24.5 Å². The Hall–Kier alpha value is -2.06. The van der Waals surface area contributed by atoms with Crippen molar-refractivity contribution in [3.63, 3.8) is 0 Å². The number of carbonyl (C=O) groups is 3. The highest BCUT2D eigenvalue weighted by Crippen LogP contribution is 2.27. The smallest absolute Gasteiger partial charge is 0.339 e. The SMILES string of the molecule is CC(C)CNC(=O)NC(=O)COC(=O)c1ccccc1SC[C@H]1CCCO1. The molecule has 0 spiro atoms. The van der Waals surface area contributed by atoms with Crippen molar-refractivity contribution in [1.82, 2.24) is 10.6 Å². The summed E-state index contributed by atoms with van der Waals surface area (Å²) in [5, 5.41) is 4.69. The fourth-order valence-corrected chi connectivity index (χ4v) is 3.54. The van der Waals surface area contributed by atoms with E-state index in [0.717, 1.165) is 30.1 Å². The summed E-state index contributed by atoms with van der Waals surface area (Å²) in [4.78, 5) is 36.4. The molecule has 1 aliphatic heterocycles. The van der Waals surface area contributed by atoms with Gasteiger partial charge >= 0.3 is 12.0 Å². The first-order chi connectivity index (χ1) is 13.0. The van der Waals surface area contributed by atoms with Crippen LogP contribution in [-0.4, -0.2) is 49.5 Å². The van der Waals surface area contributed by atoms with Crippen molar-refractivity contribution < 1.29 is 23.9 Å². The molecule has 1 heterocycles. The van der Waals surface area contributed by atoms with Crippen molar-refractivity contribution in [2.45, 2.75) is 37.7 Å². The molecule has 2 rings (SSSR count). The van der Waals surface area contributed by atoms with Crippen molar-refractivity contribution in [2.24, 2.45) is 5.92 Å². The van der Waals surface area contributed by atoms with Gasteiger partial charge in [-0.2, -0.15) is 0 Å². The second-order valence-corrected chi connectivity index (χ2v) is 7.73. The van der Waals surface area contributed by atoms with Crippen LogP contribution in [0, 0.1) is 5.92 Å². The Morgan fingerprint density at radius 2 is 2.07 bits per heavy atom. The van der Waals surface area contributed by atoms with E-state index in [2.05, 4.69) is 10.6 Å². The summed E-state index contributed by atoms with van der Waals surface area (Å²) in [5.41, 5.74) is 0.401. The van der Waals surface area contributed by atoms with Gasteiger partial charge in [0.1, 0.15) is 0 Å². The van der Waals surface area contributed by atoms with Gasteiger partial charge in [0.2, 0.25) is 0 Å². The van der Waals surface area contributed by atoms with Gasteiger partial charge in [0.15, 0.2) is 6.61 Å². The molecule has 1 aromatic rings. The Morgan fingerprint density at radius 1 is 1.30 bits per heavy atom. The fraction of sp³-hybridized carbons (Fsp3) is 0.526. The lowest BCUT2D eigenvalue weighted by molar-refractivity contribution is -0.123. The van der Waals surface area contributed by atoms with Crippen LogP contribution in [0.1, 0.15) is 37.0 Å². The molecule has 27 heavy (non-hydrogen) atoms. The molecular formula is C19H26N2O5S. The van der Waals surface area contributed by atoms with Gasteiger partial charge in [-0.05, 0) is 30.9 Å². The average molecular weight is 394 g/mol. The number of urea groups is 1. The third-order valence-electron chi connectivity index (χ3n) is 3.81. The third-order valence-corrected chi connectivity index (χ3v) is 5.02. The predicted molar refractivity (Wildman–Crippen MR) is 103 cm³/mol. The molecule has 0 unspecified atom stereocenters. The first-order valence-corrected chi connectivity index (χ1v) is 10.0. The minimum atomic E-state index is -0.672. The Kier molecular flexibility index (Phi) is 8.60. The van der Waals surface area contributed by atoms with Gasteiger partial charge in [-0.15, -0.1) is 11.8 Å². The Morgan fingerprint density at radius 3 is 2.78 bits per heavy atom. The van der Waals surface area contributed by atoms with Crippen molar-refractivity contribution in [3.05, 3.63) is 29.8 Å². The molecule has 1 fully saturated rings. The largest absolute Gasteiger partial charge is 0.452 e. The van der Waals surface area contributed by atoms with Crippen LogP contribution in [0.3, 0.4) is 0 Å². The van der Waals surface area contributed by atoms with Crippen LogP contribution in [0.25, 0.3) is 0 Å². The molecule has 8 heteroatoms. The molecule has 0 radical (unpaired) electrons. The maximum absolute atomic E-state index is 12.3. The van der Waals surface area contributed by atoms with E-state index in [1.54, 1.807) is 12.1 Å². The van der Waals surface area contributed by atoms with Crippen molar-refractivity contribution in [3.8, 4) is 0 Å². The molecule has 0 aliphatic carbocycles. The second-order valence-electron chi connectivity index (χ2n) is 6.67.